The van der Waals surface area contributed by atoms with Gasteiger partial charge in [0, 0.05) is 35.9 Å². The van der Waals surface area contributed by atoms with Gasteiger partial charge in [0.1, 0.15) is 18.7 Å². The van der Waals surface area contributed by atoms with Gasteiger partial charge in [-0.1, -0.05) is 103 Å². The number of hydrogen-bond donors (Lipinski definition) is 0. The topological polar surface area (TPSA) is 22.1 Å². The summed E-state index contributed by atoms with van der Waals surface area (Å²) < 4.78 is 8.17. The van der Waals surface area contributed by atoms with Crippen LogP contribution in [0, 0.1) is 11.8 Å². The molecule has 5 aromatic carbocycles. The Balaban J connectivity index is 1.30. The Hall–Kier alpha value is -4.31. The zero-order chi connectivity index (χ0) is 29.5. The fourth-order valence-corrected chi connectivity index (χ4v) is 8.49. The molecule has 0 N–H and O–H groups in total. The maximum atomic E-state index is 7.15. The lowest BCUT2D eigenvalue weighted by molar-refractivity contribution is -0.984. The van der Waals surface area contributed by atoms with Crippen molar-refractivity contribution in [2.75, 3.05) is 13.1 Å². The highest BCUT2D eigenvalue weighted by molar-refractivity contribution is 6.02. The zero-order valence-corrected chi connectivity index (χ0v) is 25.2. The van der Waals surface area contributed by atoms with Gasteiger partial charge in [-0.3, -0.25) is 4.98 Å². The van der Waals surface area contributed by atoms with Gasteiger partial charge in [0.15, 0.2) is 0 Å². The summed E-state index contributed by atoms with van der Waals surface area (Å²) in [4.78, 5) is 4.74. The van der Waals surface area contributed by atoms with Gasteiger partial charge in [0.05, 0.1) is 25.2 Å². The molecule has 44 heavy (non-hydrogen) atoms. The summed E-state index contributed by atoms with van der Waals surface area (Å²) in [7, 11) is 0. The number of ether oxygens (including phenoxy) is 1. The first-order valence-corrected chi connectivity index (χ1v) is 16.1. The van der Waals surface area contributed by atoms with Crippen molar-refractivity contribution >= 4 is 32.4 Å². The van der Waals surface area contributed by atoms with E-state index in [1.165, 1.54) is 50.0 Å². The average Bonchev–Trinajstić information content (AvgIpc) is 3.09. The maximum Gasteiger partial charge on any atom is 0.135 e. The van der Waals surface area contributed by atoms with Crippen molar-refractivity contribution in [3.63, 3.8) is 0 Å². The van der Waals surface area contributed by atoms with Crippen LogP contribution in [0.25, 0.3) is 32.4 Å². The van der Waals surface area contributed by atoms with E-state index in [1.54, 1.807) is 0 Å². The van der Waals surface area contributed by atoms with Crippen LogP contribution in [0.2, 0.25) is 0 Å². The number of pyridine rings is 1. The highest BCUT2D eigenvalue weighted by Crippen LogP contribution is 2.50. The second-order valence-electron chi connectivity index (χ2n) is 13.0. The molecular weight excluding hydrogens is 536 g/mol. The van der Waals surface area contributed by atoms with Gasteiger partial charge in [-0.25, -0.2) is 0 Å². The summed E-state index contributed by atoms with van der Waals surface area (Å²) in [6, 6.07) is 42.0. The molecule has 2 bridgehead atoms. The van der Waals surface area contributed by atoms with Gasteiger partial charge >= 0.3 is 0 Å². The lowest BCUT2D eigenvalue weighted by Crippen LogP contribution is -2.67. The van der Waals surface area contributed by atoms with E-state index in [9.17, 15) is 0 Å². The molecule has 0 radical (unpaired) electrons. The normalized spacial score (nSPS) is 23.7. The third-order valence-corrected chi connectivity index (χ3v) is 10.6. The van der Waals surface area contributed by atoms with Crippen molar-refractivity contribution in [3.8, 4) is 0 Å². The zero-order valence-electron chi connectivity index (χ0n) is 25.2. The van der Waals surface area contributed by atoms with Crippen molar-refractivity contribution in [1.82, 2.24) is 4.98 Å². The smallest absolute Gasteiger partial charge is 0.135 e. The first kappa shape index (κ1) is 27.3. The van der Waals surface area contributed by atoms with E-state index in [2.05, 4.69) is 128 Å². The van der Waals surface area contributed by atoms with E-state index in [4.69, 9.17) is 9.72 Å². The monoisotopic (exact) mass is 575 g/mol. The predicted octanol–water partition coefficient (Wildman–Crippen LogP) is 9.41. The Bertz CT molecular complexity index is 1910. The summed E-state index contributed by atoms with van der Waals surface area (Å²) in [6.45, 7) is 8.17. The van der Waals surface area contributed by atoms with E-state index >= 15 is 0 Å². The van der Waals surface area contributed by atoms with Crippen LogP contribution in [-0.4, -0.2) is 28.6 Å². The Morgan fingerprint density at radius 1 is 0.818 bits per heavy atom. The molecular formula is C41H39N2O+. The third kappa shape index (κ3) is 4.72. The number of piperidine rings is 3. The minimum atomic E-state index is -0.0575. The largest absolute Gasteiger partial charge is 0.363 e. The molecule has 3 fully saturated rings. The molecule has 4 unspecified atom stereocenters. The molecule has 0 aliphatic carbocycles. The van der Waals surface area contributed by atoms with Crippen molar-refractivity contribution in [2.24, 2.45) is 11.8 Å². The van der Waals surface area contributed by atoms with Gasteiger partial charge in [0.25, 0.3) is 0 Å². The molecule has 3 aliphatic heterocycles. The van der Waals surface area contributed by atoms with E-state index in [-0.39, 0.29) is 6.10 Å². The lowest BCUT2D eigenvalue weighted by Gasteiger charge is -2.58. The second kappa shape index (κ2) is 11.3. The number of hydrogen-bond acceptors (Lipinski definition) is 2. The molecule has 0 amide bonds. The Kier molecular flexibility index (Phi) is 7.01. The molecule has 9 rings (SSSR count). The maximum absolute atomic E-state index is 7.15. The standard InChI is InChI=1S/C41H39N2O/c1-2-30-26-43(27-38-34-16-8-6-14-32(34)24-33-15-7-9-17-35(33)38)23-21-31(30)25-40(43)41(44-28-29-12-4-3-5-13-29)37-20-22-42-39-19-11-10-18-36(37)39/h2-20,22,24,30-31,40-41H,1,21,23,25-28H2/q+1/t30?,31?,40?,41-,43?/m0/s1. The second-order valence-corrected chi connectivity index (χ2v) is 13.0. The Labute approximate surface area is 260 Å². The van der Waals surface area contributed by atoms with Crippen LogP contribution in [0.1, 0.15) is 35.6 Å². The van der Waals surface area contributed by atoms with Crippen LogP contribution >= 0.6 is 0 Å². The molecule has 1 aromatic heterocycles. The predicted molar refractivity (Wildman–Crippen MR) is 181 cm³/mol. The van der Waals surface area contributed by atoms with Crippen LogP contribution in [0.4, 0.5) is 0 Å². The van der Waals surface area contributed by atoms with Gasteiger partial charge in [0.2, 0.25) is 0 Å². The minimum Gasteiger partial charge on any atom is -0.363 e. The van der Waals surface area contributed by atoms with Gasteiger partial charge in [-0.15, -0.1) is 6.58 Å². The molecule has 5 atom stereocenters. The van der Waals surface area contributed by atoms with Crippen molar-refractivity contribution in [2.45, 2.75) is 38.1 Å². The quantitative estimate of drug-likeness (QED) is 0.102. The summed E-state index contributed by atoms with van der Waals surface area (Å²) in [6.07, 6.45) is 6.53. The lowest BCUT2D eigenvalue weighted by atomic mass is 9.70. The fraction of sp³-hybridized carbons (Fsp3) is 0.244. The molecule has 0 saturated carbocycles. The van der Waals surface area contributed by atoms with Crippen molar-refractivity contribution < 1.29 is 9.22 Å². The number of rotatable bonds is 8. The van der Waals surface area contributed by atoms with E-state index < -0.39 is 0 Å². The first-order valence-electron chi connectivity index (χ1n) is 16.1. The average molecular weight is 576 g/mol. The van der Waals surface area contributed by atoms with E-state index in [1.807, 2.05) is 6.20 Å². The number of para-hydroxylation sites is 1. The number of benzene rings is 5. The molecule has 3 heteroatoms. The van der Waals surface area contributed by atoms with E-state index in [0.717, 1.165) is 36.1 Å². The minimum absolute atomic E-state index is 0.0575. The van der Waals surface area contributed by atoms with Gasteiger partial charge < -0.3 is 9.22 Å². The highest BCUT2D eigenvalue weighted by atomic mass is 16.5. The van der Waals surface area contributed by atoms with Crippen LogP contribution in [0.3, 0.4) is 0 Å². The van der Waals surface area contributed by atoms with Crippen molar-refractivity contribution in [3.05, 3.63) is 151 Å². The van der Waals surface area contributed by atoms with Gasteiger partial charge in [-0.05, 0) is 56.8 Å². The molecule has 218 valence electrons. The molecule has 4 heterocycles. The summed E-state index contributed by atoms with van der Waals surface area (Å²) in [5.74, 6) is 1.16. The van der Waals surface area contributed by atoms with Crippen LogP contribution in [0.5, 0.6) is 0 Å². The number of quaternary nitrogens is 1. The summed E-state index contributed by atoms with van der Waals surface area (Å²) in [5.41, 5.74) is 4.97. The van der Waals surface area contributed by atoms with Crippen LogP contribution < -0.4 is 0 Å². The Morgan fingerprint density at radius 2 is 1.50 bits per heavy atom. The highest BCUT2D eigenvalue weighted by Gasteiger charge is 2.55. The molecule has 3 nitrogen and oxygen atoms in total. The van der Waals surface area contributed by atoms with Crippen LogP contribution in [0.15, 0.2) is 134 Å². The van der Waals surface area contributed by atoms with E-state index in [0.29, 0.717) is 24.5 Å². The van der Waals surface area contributed by atoms with Gasteiger partial charge in [-0.2, -0.15) is 0 Å². The SMILES string of the molecule is C=CC1C[N+]2(Cc3c4ccccc4cc4ccccc34)CCC1CC2[C@@H](OCc1ccccc1)c1ccnc2ccccc12. The molecule has 3 aliphatic rings. The third-order valence-electron chi connectivity index (χ3n) is 10.6. The first-order chi connectivity index (χ1) is 21.7. The Morgan fingerprint density at radius 3 is 2.25 bits per heavy atom. The summed E-state index contributed by atoms with van der Waals surface area (Å²) >= 11 is 0. The summed E-state index contributed by atoms with van der Waals surface area (Å²) in [5, 5.41) is 6.58. The van der Waals surface area contributed by atoms with Crippen molar-refractivity contribution in [1.29, 1.82) is 0 Å². The molecule has 3 saturated heterocycles. The number of fused-ring (bicyclic) bond motifs is 6. The molecule has 0 spiro atoms. The fourth-order valence-electron chi connectivity index (χ4n) is 8.49. The number of aromatic nitrogens is 1. The molecule has 6 aromatic rings. The van der Waals surface area contributed by atoms with Crippen LogP contribution in [-0.2, 0) is 17.9 Å². The number of nitrogens with zero attached hydrogens (tertiary/aromatic N) is 2.